The number of rotatable bonds is 4. The van der Waals surface area contributed by atoms with Crippen molar-refractivity contribution in [1.29, 1.82) is 0 Å². The summed E-state index contributed by atoms with van der Waals surface area (Å²) in [7, 11) is 0. The minimum absolute atomic E-state index is 0.0113. The summed E-state index contributed by atoms with van der Waals surface area (Å²) in [4.78, 5) is 25.4. The summed E-state index contributed by atoms with van der Waals surface area (Å²) in [5.74, 6) is -0.937. The normalized spacial score (nSPS) is 17.7. The van der Waals surface area contributed by atoms with Crippen LogP contribution in [-0.2, 0) is 4.79 Å². The molecule has 0 aromatic heterocycles. The van der Waals surface area contributed by atoms with Gasteiger partial charge in [-0.2, -0.15) is 0 Å². The van der Waals surface area contributed by atoms with E-state index in [9.17, 15) is 9.59 Å². The van der Waals surface area contributed by atoms with Crippen LogP contribution in [0.3, 0.4) is 0 Å². The van der Waals surface area contributed by atoms with Gasteiger partial charge in [-0.15, -0.1) is 0 Å². The Bertz CT molecular complexity index is 1130. The van der Waals surface area contributed by atoms with Crippen LogP contribution in [0, 0.1) is 0 Å². The number of carboxylic acids is 1. The molecule has 1 aliphatic rings. The second kappa shape index (κ2) is 8.44. The summed E-state index contributed by atoms with van der Waals surface area (Å²) in [5.41, 5.74) is 5.02. The number of hydrogen-bond acceptors (Lipinski definition) is 3. The van der Waals surface area contributed by atoms with E-state index in [2.05, 4.69) is 18.3 Å². The van der Waals surface area contributed by atoms with Crippen LogP contribution < -0.4 is 10.2 Å². The monoisotopic (exact) mass is 434 g/mol. The third-order valence-electron chi connectivity index (χ3n) is 5.67. The molecule has 4 rings (SSSR count). The maximum atomic E-state index is 12.4. The molecule has 0 fully saturated rings. The molecule has 1 unspecified atom stereocenters. The van der Waals surface area contributed by atoms with Gasteiger partial charge in [0.2, 0.25) is 5.91 Å². The molecule has 0 bridgehead atoms. The Hall–Kier alpha value is -3.31. The number of halogens is 1. The molecule has 6 heteroatoms. The Balaban J connectivity index is 1.75. The van der Waals surface area contributed by atoms with Gasteiger partial charge in [0.15, 0.2) is 0 Å². The van der Waals surface area contributed by atoms with E-state index in [1.807, 2.05) is 41.3 Å². The third kappa shape index (κ3) is 4.28. The van der Waals surface area contributed by atoms with E-state index in [4.69, 9.17) is 16.7 Å². The molecule has 0 aliphatic carbocycles. The standard InChI is InChI=1S/C25H23ClN2O3/c1-15-13-23(27-21-10-8-20(26)9-11-21)22-14-19(7-12-24(22)28(15)16(2)29)17-3-5-18(6-4-17)25(30)31/h3-12,14-15,23,27H,13H2,1-2H3,(H,30,31)/t15-,23?/m0/s1. The van der Waals surface area contributed by atoms with Gasteiger partial charge in [0.05, 0.1) is 11.6 Å². The van der Waals surface area contributed by atoms with E-state index in [-0.39, 0.29) is 23.6 Å². The van der Waals surface area contributed by atoms with E-state index < -0.39 is 5.97 Å². The number of benzene rings is 3. The maximum Gasteiger partial charge on any atom is 0.335 e. The summed E-state index contributed by atoms with van der Waals surface area (Å²) < 4.78 is 0. The lowest BCUT2D eigenvalue weighted by Crippen LogP contribution is -2.43. The first-order valence-corrected chi connectivity index (χ1v) is 10.5. The van der Waals surface area contributed by atoms with Gasteiger partial charge in [0.25, 0.3) is 0 Å². The van der Waals surface area contributed by atoms with Crippen LogP contribution >= 0.6 is 11.6 Å². The number of nitrogens with one attached hydrogen (secondary N) is 1. The quantitative estimate of drug-likeness (QED) is 0.528. The molecular formula is C25H23ClN2O3. The Labute approximate surface area is 186 Å². The van der Waals surface area contributed by atoms with Gasteiger partial charge in [0, 0.05) is 29.4 Å². The minimum atomic E-state index is -0.949. The minimum Gasteiger partial charge on any atom is -0.478 e. The molecule has 158 valence electrons. The smallest absolute Gasteiger partial charge is 0.335 e. The van der Waals surface area contributed by atoms with Crippen molar-refractivity contribution in [2.75, 3.05) is 10.2 Å². The van der Waals surface area contributed by atoms with Crippen LogP contribution in [0.5, 0.6) is 0 Å². The molecular weight excluding hydrogens is 412 g/mol. The predicted octanol–water partition coefficient (Wildman–Crippen LogP) is 6.00. The number of fused-ring (bicyclic) bond motifs is 1. The van der Waals surface area contributed by atoms with Crippen molar-refractivity contribution in [3.05, 3.63) is 82.9 Å². The first-order chi connectivity index (χ1) is 14.8. The molecule has 1 heterocycles. The fourth-order valence-electron chi connectivity index (χ4n) is 4.21. The van der Waals surface area contributed by atoms with Crippen LogP contribution in [0.25, 0.3) is 11.1 Å². The summed E-state index contributed by atoms with van der Waals surface area (Å²) in [6.45, 7) is 3.64. The summed E-state index contributed by atoms with van der Waals surface area (Å²) in [6.07, 6.45) is 0.761. The van der Waals surface area contributed by atoms with Crippen molar-refractivity contribution < 1.29 is 14.7 Å². The molecule has 1 aliphatic heterocycles. The summed E-state index contributed by atoms with van der Waals surface area (Å²) >= 11 is 6.02. The number of nitrogens with zero attached hydrogens (tertiary/aromatic N) is 1. The third-order valence-corrected chi connectivity index (χ3v) is 5.92. The average Bonchev–Trinajstić information content (AvgIpc) is 2.75. The molecule has 3 aromatic rings. The van der Waals surface area contributed by atoms with Crippen molar-refractivity contribution in [1.82, 2.24) is 0 Å². The number of carbonyl (C=O) groups is 2. The van der Waals surface area contributed by atoms with Crippen LogP contribution in [0.15, 0.2) is 66.7 Å². The highest BCUT2D eigenvalue weighted by atomic mass is 35.5. The first kappa shape index (κ1) is 20.9. The molecule has 2 atom stereocenters. The topological polar surface area (TPSA) is 69.6 Å². The maximum absolute atomic E-state index is 12.4. The zero-order valence-corrected chi connectivity index (χ0v) is 18.1. The molecule has 2 N–H and O–H groups in total. The van der Waals surface area contributed by atoms with E-state index in [1.54, 1.807) is 31.2 Å². The van der Waals surface area contributed by atoms with Gasteiger partial charge in [0.1, 0.15) is 0 Å². The number of aromatic carboxylic acids is 1. The highest BCUT2D eigenvalue weighted by molar-refractivity contribution is 6.30. The highest BCUT2D eigenvalue weighted by Crippen LogP contribution is 2.41. The van der Waals surface area contributed by atoms with Gasteiger partial charge in [-0.05, 0) is 78.6 Å². The Kier molecular flexibility index (Phi) is 5.70. The zero-order valence-electron chi connectivity index (χ0n) is 17.3. The van der Waals surface area contributed by atoms with Crippen LogP contribution in [0.2, 0.25) is 5.02 Å². The Morgan fingerprint density at radius 1 is 1.00 bits per heavy atom. The SMILES string of the molecule is CC(=O)N1c2ccc(-c3ccc(C(=O)O)cc3)cc2C(Nc2ccc(Cl)cc2)C[C@@H]1C. The number of carboxylic acid groups (broad SMARTS) is 1. The number of carbonyl (C=O) groups excluding carboxylic acids is 1. The molecule has 0 radical (unpaired) electrons. The second-order valence-corrected chi connectivity index (χ2v) is 8.27. The molecule has 1 amide bonds. The largest absolute Gasteiger partial charge is 0.478 e. The molecule has 0 saturated heterocycles. The van der Waals surface area contributed by atoms with E-state index in [1.165, 1.54) is 0 Å². The fourth-order valence-corrected chi connectivity index (χ4v) is 4.34. The average molecular weight is 435 g/mol. The van der Waals surface area contributed by atoms with Crippen molar-refractivity contribution in [3.8, 4) is 11.1 Å². The zero-order chi connectivity index (χ0) is 22.1. The van der Waals surface area contributed by atoms with Crippen molar-refractivity contribution >= 4 is 34.9 Å². The lowest BCUT2D eigenvalue weighted by molar-refractivity contribution is -0.117. The number of amides is 1. The number of hydrogen-bond donors (Lipinski definition) is 2. The van der Waals surface area contributed by atoms with Gasteiger partial charge in [-0.25, -0.2) is 4.79 Å². The Morgan fingerprint density at radius 2 is 1.65 bits per heavy atom. The van der Waals surface area contributed by atoms with Crippen LogP contribution in [-0.4, -0.2) is 23.0 Å². The summed E-state index contributed by atoms with van der Waals surface area (Å²) in [5, 5.41) is 13.4. The predicted molar refractivity (Wildman–Crippen MR) is 124 cm³/mol. The number of anilines is 2. The van der Waals surface area contributed by atoms with Gasteiger partial charge in [-0.1, -0.05) is 29.8 Å². The summed E-state index contributed by atoms with van der Waals surface area (Å²) in [6, 6.07) is 20.5. The van der Waals surface area contributed by atoms with Crippen molar-refractivity contribution in [2.45, 2.75) is 32.4 Å². The van der Waals surface area contributed by atoms with Gasteiger partial charge >= 0.3 is 5.97 Å². The lowest BCUT2D eigenvalue weighted by atomic mass is 9.88. The van der Waals surface area contributed by atoms with Crippen molar-refractivity contribution in [3.63, 3.8) is 0 Å². The molecule has 0 spiro atoms. The molecule has 31 heavy (non-hydrogen) atoms. The fraction of sp³-hybridized carbons (Fsp3) is 0.200. The molecule has 3 aromatic carbocycles. The lowest BCUT2D eigenvalue weighted by Gasteiger charge is -2.39. The second-order valence-electron chi connectivity index (χ2n) is 7.83. The molecule has 5 nitrogen and oxygen atoms in total. The highest BCUT2D eigenvalue weighted by Gasteiger charge is 2.32. The van der Waals surface area contributed by atoms with Crippen LogP contribution in [0.1, 0.15) is 42.2 Å². The van der Waals surface area contributed by atoms with Crippen molar-refractivity contribution in [2.24, 2.45) is 0 Å². The van der Waals surface area contributed by atoms with E-state index in [0.29, 0.717) is 5.02 Å². The van der Waals surface area contributed by atoms with Gasteiger partial charge in [-0.3, -0.25) is 4.79 Å². The van der Waals surface area contributed by atoms with E-state index in [0.717, 1.165) is 34.5 Å². The van der Waals surface area contributed by atoms with E-state index >= 15 is 0 Å². The Morgan fingerprint density at radius 3 is 2.26 bits per heavy atom. The van der Waals surface area contributed by atoms with Crippen LogP contribution in [0.4, 0.5) is 11.4 Å². The van der Waals surface area contributed by atoms with Gasteiger partial charge < -0.3 is 15.3 Å². The molecule has 0 saturated carbocycles. The first-order valence-electron chi connectivity index (χ1n) is 10.1.